The Morgan fingerprint density at radius 1 is 1.48 bits per heavy atom. The maximum atomic E-state index is 12.4. The van der Waals surface area contributed by atoms with Crippen molar-refractivity contribution >= 4 is 29.1 Å². The summed E-state index contributed by atoms with van der Waals surface area (Å²) >= 11 is 11.7. The summed E-state index contributed by atoms with van der Waals surface area (Å²) in [7, 11) is 0. The highest BCUT2D eigenvalue weighted by molar-refractivity contribution is 6.35. The zero-order valence-electron chi connectivity index (χ0n) is 11.0. The molecule has 2 N–H and O–H groups in total. The van der Waals surface area contributed by atoms with Crippen LogP contribution in [0.5, 0.6) is 5.75 Å². The van der Waals surface area contributed by atoms with Crippen LogP contribution >= 0.6 is 23.2 Å². The molecule has 21 heavy (non-hydrogen) atoms. The molecule has 0 radical (unpaired) electrons. The highest BCUT2D eigenvalue weighted by atomic mass is 35.5. The van der Waals surface area contributed by atoms with Crippen LogP contribution < -0.4 is 15.4 Å². The molecule has 1 aliphatic heterocycles. The summed E-state index contributed by atoms with van der Waals surface area (Å²) in [6, 6.07) is 2.76. The Morgan fingerprint density at radius 2 is 2.24 bits per heavy atom. The standard InChI is InChI=1S/C13H14Cl2F2N2O2/c14-9-3-8(11(10(15)4-9)21-13(16)17)6-19-12(20)7-1-2-18-5-7/h3-4,7,13,18H,1-2,5-6H2,(H,19,20)/t7-/m0/s1. The van der Waals surface area contributed by atoms with Crippen molar-refractivity contribution in [3.05, 3.63) is 27.7 Å². The van der Waals surface area contributed by atoms with Crippen LogP contribution in [0, 0.1) is 5.92 Å². The number of hydrogen-bond acceptors (Lipinski definition) is 3. The van der Waals surface area contributed by atoms with Crippen LogP contribution in [0.4, 0.5) is 8.78 Å². The van der Waals surface area contributed by atoms with Crippen molar-refractivity contribution in [3.8, 4) is 5.75 Å². The van der Waals surface area contributed by atoms with E-state index in [1.807, 2.05) is 0 Å². The summed E-state index contributed by atoms with van der Waals surface area (Å²) in [5.74, 6) is -0.417. The summed E-state index contributed by atoms with van der Waals surface area (Å²) in [4.78, 5) is 11.9. The van der Waals surface area contributed by atoms with Crippen molar-refractivity contribution in [3.63, 3.8) is 0 Å². The van der Waals surface area contributed by atoms with Crippen LogP contribution in [-0.4, -0.2) is 25.6 Å². The van der Waals surface area contributed by atoms with Gasteiger partial charge in [-0.2, -0.15) is 8.78 Å². The van der Waals surface area contributed by atoms with Crippen molar-refractivity contribution < 1.29 is 18.3 Å². The van der Waals surface area contributed by atoms with Gasteiger partial charge in [-0.05, 0) is 25.1 Å². The number of halogens is 4. The average molecular weight is 339 g/mol. The van der Waals surface area contributed by atoms with Gasteiger partial charge in [-0.15, -0.1) is 0 Å². The van der Waals surface area contributed by atoms with Crippen LogP contribution in [0.15, 0.2) is 12.1 Å². The first kappa shape index (κ1) is 16.3. The van der Waals surface area contributed by atoms with Gasteiger partial charge in [0.1, 0.15) is 5.75 Å². The molecule has 1 aliphatic rings. The summed E-state index contributed by atoms with van der Waals surface area (Å²) in [6.45, 7) is -1.57. The molecule has 1 saturated heterocycles. The van der Waals surface area contributed by atoms with E-state index in [0.29, 0.717) is 12.1 Å². The van der Waals surface area contributed by atoms with Crippen LogP contribution in [0.2, 0.25) is 10.0 Å². The van der Waals surface area contributed by atoms with E-state index in [4.69, 9.17) is 23.2 Å². The molecule has 1 atom stereocenters. The van der Waals surface area contributed by atoms with Gasteiger partial charge < -0.3 is 15.4 Å². The molecule has 0 aromatic heterocycles. The van der Waals surface area contributed by atoms with Crippen molar-refractivity contribution in [2.75, 3.05) is 13.1 Å². The lowest BCUT2D eigenvalue weighted by atomic mass is 10.1. The molecule has 0 bridgehead atoms. The number of rotatable bonds is 5. The van der Waals surface area contributed by atoms with Gasteiger partial charge in [0.25, 0.3) is 0 Å². The second-order valence-corrected chi connectivity index (χ2v) is 5.51. The van der Waals surface area contributed by atoms with Gasteiger partial charge >= 0.3 is 6.61 Å². The predicted octanol–water partition coefficient (Wildman–Crippen LogP) is 2.82. The summed E-state index contributed by atoms with van der Waals surface area (Å²) < 4.78 is 29.2. The van der Waals surface area contributed by atoms with Gasteiger partial charge in [0.05, 0.1) is 10.9 Å². The largest absolute Gasteiger partial charge is 0.433 e. The lowest BCUT2D eigenvalue weighted by molar-refractivity contribution is -0.124. The summed E-state index contributed by atoms with van der Waals surface area (Å²) in [5, 5.41) is 6.03. The number of amides is 1. The molecule has 1 amide bonds. The van der Waals surface area contributed by atoms with E-state index in [9.17, 15) is 13.6 Å². The fourth-order valence-electron chi connectivity index (χ4n) is 2.17. The third-order valence-electron chi connectivity index (χ3n) is 3.18. The predicted molar refractivity (Wildman–Crippen MR) is 75.9 cm³/mol. The quantitative estimate of drug-likeness (QED) is 0.867. The molecule has 1 aromatic carbocycles. The Hall–Kier alpha value is -1.11. The summed E-state index contributed by atoms with van der Waals surface area (Å²) in [6.07, 6.45) is 0.753. The van der Waals surface area contributed by atoms with Gasteiger partial charge in [0.15, 0.2) is 0 Å². The first-order chi connectivity index (χ1) is 9.97. The smallest absolute Gasteiger partial charge is 0.387 e. The lowest BCUT2D eigenvalue weighted by Gasteiger charge is -2.15. The highest BCUT2D eigenvalue weighted by Crippen LogP contribution is 2.33. The van der Waals surface area contributed by atoms with E-state index in [1.54, 1.807) is 0 Å². The van der Waals surface area contributed by atoms with Crippen LogP contribution in [0.1, 0.15) is 12.0 Å². The van der Waals surface area contributed by atoms with E-state index in [2.05, 4.69) is 15.4 Å². The third kappa shape index (κ3) is 4.43. The molecule has 4 nitrogen and oxygen atoms in total. The van der Waals surface area contributed by atoms with E-state index >= 15 is 0 Å². The van der Waals surface area contributed by atoms with Gasteiger partial charge in [-0.25, -0.2) is 0 Å². The Balaban J connectivity index is 2.08. The molecule has 116 valence electrons. The Morgan fingerprint density at radius 3 is 2.86 bits per heavy atom. The van der Waals surface area contributed by atoms with Crippen LogP contribution in [-0.2, 0) is 11.3 Å². The minimum absolute atomic E-state index is 0.0189. The molecular formula is C13H14Cl2F2N2O2. The SMILES string of the molecule is O=C(NCc1cc(Cl)cc(Cl)c1OC(F)F)[C@H]1CCNC1. The maximum absolute atomic E-state index is 12.4. The molecule has 8 heteroatoms. The van der Waals surface area contributed by atoms with Crippen molar-refractivity contribution in [2.24, 2.45) is 5.92 Å². The molecule has 1 fully saturated rings. The van der Waals surface area contributed by atoms with E-state index in [1.165, 1.54) is 12.1 Å². The zero-order chi connectivity index (χ0) is 15.4. The number of hydrogen-bond donors (Lipinski definition) is 2. The second-order valence-electron chi connectivity index (χ2n) is 4.66. The second kappa shape index (κ2) is 7.24. The summed E-state index contributed by atoms with van der Waals surface area (Å²) in [5.41, 5.74) is 0.312. The molecule has 1 aromatic rings. The molecule has 0 saturated carbocycles. The molecule has 2 rings (SSSR count). The minimum Gasteiger partial charge on any atom is -0.433 e. The Labute approximate surface area is 130 Å². The lowest BCUT2D eigenvalue weighted by Crippen LogP contribution is -2.31. The monoisotopic (exact) mass is 338 g/mol. The Kier molecular flexibility index (Phi) is 5.61. The van der Waals surface area contributed by atoms with Crippen molar-refractivity contribution in [1.29, 1.82) is 0 Å². The number of alkyl halides is 2. The van der Waals surface area contributed by atoms with Crippen LogP contribution in [0.25, 0.3) is 0 Å². The molecule has 0 unspecified atom stereocenters. The number of carbonyl (C=O) groups excluding carboxylic acids is 1. The van der Waals surface area contributed by atoms with E-state index < -0.39 is 6.61 Å². The first-order valence-electron chi connectivity index (χ1n) is 6.38. The van der Waals surface area contributed by atoms with Crippen molar-refractivity contribution in [2.45, 2.75) is 19.6 Å². The third-order valence-corrected chi connectivity index (χ3v) is 3.68. The number of benzene rings is 1. The average Bonchev–Trinajstić information content (AvgIpc) is 2.93. The zero-order valence-corrected chi connectivity index (χ0v) is 12.5. The number of nitrogens with one attached hydrogen (secondary N) is 2. The molecule has 0 spiro atoms. The fourth-order valence-corrected chi connectivity index (χ4v) is 2.75. The van der Waals surface area contributed by atoms with Crippen LogP contribution in [0.3, 0.4) is 0 Å². The molecular weight excluding hydrogens is 325 g/mol. The highest BCUT2D eigenvalue weighted by Gasteiger charge is 2.23. The van der Waals surface area contributed by atoms with E-state index in [0.717, 1.165) is 13.0 Å². The number of ether oxygens (including phenoxy) is 1. The van der Waals surface area contributed by atoms with E-state index in [-0.39, 0.29) is 34.2 Å². The van der Waals surface area contributed by atoms with Gasteiger partial charge in [-0.3, -0.25) is 4.79 Å². The first-order valence-corrected chi connectivity index (χ1v) is 7.14. The Bertz CT molecular complexity index is 523. The molecule has 0 aliphatic carbocycles. The maximum Gasteiger partial charge on any atom is 0.387 e. The van der Waals surface area contributed by atoms with Gasteiger partial charge in [0.2, 0.25) is 5.91 Å². The minimum atomic E-state index is -3.00. The molecule has 1 heterocycles. The topological polar surface area (TPSA) is 50.4 Å². The number of carbonyl (C=O) groups is 1. The van der Waals surface area contributed by atoms with Crippen molar-refractivity contribution in [1.82, 2.24) is 10.6 Å². The van der Waals surface area contributed by atoms with Gasteiger partial charge in [0, 0.05) is 23.7 Å². The van der Waals surface area contributed by atoms with Gasteiger partial charge in [-0.1, -0.05) is 23.2 Å². The normalized spacial score (nSPS) is 18.0. The fraction of sp³-hybridized carbons (Fsp3) is 0.462.